The molecule has 1 aromatic heterocycles. The van der Waals surface area contributed by atoms with Crippen molar-refractivity contribution in [2.75, 3.05) is 11.5 Å². The number of Topliss-reactive ketones (excluding diaryl/α,β-unsaturated/α-hetero) is 1. The van der Waals surface area contributed by atoms with E-state index in [1.165, 1.54) is 16.2 Å². The topological polar surface area (TPSA) is 51.2 Å². The Kier molecular flexibility index (Phi) is 5.33. The van der Waals surface area contributed by atoms with Gasteiger partial charge in [0, 0.05) is 17.1 Å². The monoisotopic (exact) mass is 274 g/mol. The number of rotatable bonds is 7. The second-order valence-corrected chi connectivity index (χ2v) is 7.52. The Balaban J connectivity index is 2.45. The van der Waals surface area contributed by atoms with Gasteiger partial charge in [-0.1, -0.05) is 13.8 Å². The van der Waals surface area contributed by atoms with E-state index in [1.54, 1.807) is 6.92 Å². The second-order valence-electron chi connectivity index (χ2n) is 3.88. The van der Waals surface area contributed by atoms with Gasteiger partial charge in [0.15, 0.2) is 5.78 Å². The van der Waals surface area contributed by atoms with E-state index in [2.05, 4.69) is 0 Å². The van der Waals surface area contributed by atoms with Gasteiger partial charge < -0.3 is 0 Å². The van der Waals surface area contributed by atoms with Crippen LogP contribution in [-0.4, -0.2) is 25.7 Å². The van der Waals surface area contributed by atoms with Crippen LogP contribution >= 0.6 is 11.3 Å². The smallest absolute Gasteiger partial charge is 0.172 e. The number of ketones is 1. The van der Waals surface area contributed by atoms with Gasteiger partial charge in [0.25, 0.3) is 0 Å². The van der Waals surface area contributed by atoms with E-state index < -0.39 is 9.84 Å². The maximum atomic E-state index is 11.8. The third-order valence-electron chi connectivity index (χ3n) is 2.58. The first kappa shape index (κ1) is 14.4. The van der Waals surface area contributed by atoms with Crippen molar-refractivity contribution in [2.45, 2.75) is 33.1 Å². The van der Waals surface area contributed by atoms with Crippen LogP contribution in [0.5, 0.6) is 0 Å². The molecule has 0 radical (unpaired) electrons. The minimum Gasteiger partial charge on any atom is -0.293 e. The lowest BCUT2D eigenvalue weighted by Gasteiger charge is -2.00. The van der Waals surface area contributed by atoms with Crippen LogP contribution in [-0.2, 0) is 16.3 Å². The summed E-state index contributed by atoms with van der Waals surface area (Å²) in [6, 6.07) is 3.79. The van der Waals surface area contributed by atoms with Crippen LogP contribution in [0.2, 0.25) is 0 Å². The summed E-state index contributed by atoms with van der Waals surface area (Å²) in [5.74, 6) is 0.322. The van der Waals surface area contributed by atoms with Crippen LogP contribution in [0, 0.1) is 0 Å². The Morgan fingerprint density at radius 2 is 2.00 bits per heavy atom. The molecule has 0 aliphatic rings. The van der Waals surface area contributed by atoms with E-state index in [-0.39, 0.29) is 17.3 Å². The molecule has 1 aromatic rings. The number of carbonyl (C=O) groups is 1. The molecule has 0 atom stereocenters. The van der Waals surface area contributed by atoms with Crippen LogP contribution in [0.4, 0.5) is 0 Å². The molecule has 17 heavy (non-hydrogen) atoms. The summed E-state index contributed by atoms with van der Waals surface area (Å²) in [6.07, 6.45) is 1.68. The van der Waals surface area contributed by atoms with Crippen molar-refractivity contribution in [3.05, 3.63) is 21.9 Å². The third kappa shape index (κ3) is 4.60. The van der Waals surface area contributed by atoms with Crippen LogP contribution in [0.3, 0.4) is 0 Å². The molecule has 0 saturated carbocycles. The fourth-order valence-electron chi connectivity index (χ4n) is 1.44. The lowest BCUT2D eigenvalue weighted by Crippen LogP contribution is -2.10. The normalized spacial score (nSPS) is 11.6. The van der Waals surface area contributed by atoms with Crippen molar-refractivity contribution in [1.29, 1.82) is 0 Å². The highest BCUT2D eigenvalue weighted by atomic mass is 32.2. The van der Waals surface area contributed by atoms with Gasteiger partial charge in [0.2, 0.25) is 0 Å². The molecule has 0 fully saturated rings. The molecule has 0 saturated heterocycles. The lowest BCUT2D eigenvalue weighted by molar-refractivity contribution is 0.0986. The van der Waals surface area contributed by atoms with Gasteiger partial charge in [-0.05, 0) is 25.0 Å². The fraction of sp³-hybridized carbons (Fsp3) is 0.583. The van der Waals surface area contributed by atoms with Gasteiger partial charge in [-0.2, -0.15) is 0 Å². The number of hydrogen-bond donors (Lipinski definition) is 0. The zero-order valence-corrected chi connectivity index (χ0v) is 11.9. The van der Waals surface area contributed by atoms with Gasteiger partial charge in [-0.3, -0.25) is 4.79 Å². The number of hydrogen-bond acceptors (Lipinski definition) is 4. The van der Waals surface area contributed by atoms with E-state index in [4.69, 9.17) is 0 Å². The van der Waals surface area contributed by atoms with Crippen molar-refractivity contribution < 1.29 is 13.2 Å². The molecule has 0 amide bonds. The third-order valence-corrected chi connectivity index (χ3v) is 5.64. The average molecular weight is 274 g/mol. The highest BCUT2D eigenvalue weighted by Gasteiger charge is 2.12. The second kappa shape index (κ2) is 6.31. The summed E-state index contributed by atoms with van der Waals surface area (Å²) in [5.41, 5.74) is 0. The van der Waals surface area contributed by atoms with Crippen molar-refractivity contribution in [3.63, 3.8) is 0 Å². The van der Waals surface area contributed by atoms with Gasteiger partial charge >= 0.3 is 0 Å². The summed E-state index contributed by atoms with van der Waals surface area (Å²) in [4.78, 5) is 13.7. The highest BCUT2D eigenvalue weighted by molar-refractivity contribution is 7.91. The van der Waals surface area contributed by atoms with E-state index >= 15 is 0 Å². The molecule has 0 N–H and O–H groups in total. The lowest BCUT2D eigenvalue weighted by atomic mass is 10.2. The summed E-state index contributed by atoms with van der Waals surface area (Å²) in [5, 5.41) is 0. The quantitative estimate of drug-likeness (QED) is 0.718. The number of carbonyl (C=O) groups excluding carboxylic acids is 1. The average Bonchev–Trinajstić information content (AvgIpc) is 2.77. The first-order valence-electron chi connectivity index (χ1n) is 5.81. The Morgan fingerprint density at radius 1 is 1.29 bits per heavy atom. The largest absolute Gasteiger partial charge is 0.293 e. The molecule has 0 aliphatic carbocycles. The van der Waals surface area contributed by atoms with E-state index in [9.17, 15) is 13.2 Å². The molecule has 96 valence electrons. The van der Waals surface area contributed by atoms with E-state index in [1.807, 2.05) is 19.1 Å². The van der Waals surface area contributed by atoms with E-state index in [0.29, 0.717) is 12.8 Å². The molecule has 0 unspecified atom stereocenters. The van der Waals surface area contributed by atoms with E-state index in [0.717, 1.165) is 11.3 Å². The number of sulfone groups is 1. The molecule has 0 bridgehead atoms. The molecular weight excluding hydrogens is 256 g/mol. The highest BCUT2D eigenvalue weighted by Crippen LogP contribution is 2.19. The molecule has 0 aromatic carbocycles. The Morgan fingerprint density at radius 3 is 2.53 bits per heavy atom. The summed E-state index contributed by atoms with van der Waals surface area (Å²) < 4.78 is 22.5. The van der Waals surface area contributed by atoms with Crippen LogP contribution < -0.4 is 0 Å². The van der Waals surface area contributed by atoms with Crippen molar-refractivity contribution in [1.82, 2.24) is 0 Å². The molecule has 1 heterocycles. The number of aryl methyl sites for hydroxylation is 1. The van der Waals surface area contributed by atoms with Crippen LogP contribution in [0.1, 0.15) is 41.2 Å². The zero-order chi connectivity index (χ0) is 12.9. The predicted octanol–water partition coefficient (Wildman–Crippen LogP) is 2.71. The minimum atomic E-state index is -2.95. The van der Waals surface area contributed by atoms with Crippen LogP contribution in [0.15, 0.2) is 12.1 Å². The Bertz CT molecular complexity index is 472. The predicted molar refractivity (Wildman–Crippen MR) is 71.6 cm³/mol. The Labute approximate surface area is 107 Å². The SMILES string of the molecule is CCc1ccc(C(=O)CCCS(=O)(=O)CC)s1. The van der Waals surface area contributed by atoms with Gasteiger partial charge in [-0.15, -0.1) is 11.3 Å². The van der Waals surface area contributed by atoms with Crippen LogP contribution in [0.25, 0.3) is 0 Å². The summed E-state index contributed by atoms with van der Waals surface area (Å²) in [7, 11) is -2.95. The maximum absolute atomic E-state index is 11.8. The number of thiophene rings is 1. The van der Waals surface area contributed by atoms with Gasteiger partial charge in [-0.25, -0.2) is 8.42 Å². The van der Waals surface area contributed by atoms with Crippen molar-refractivity contribution in [2.24, 2.45) is 0 Å². The van der Waals surface area contributed by atoms with Gasteiger partial charge in [0.05, 0.1) is 10.6 Å². The molecule has 3 nitrogen and oxygen atoms in total. The minimum absolute atomic E-state index is 0.0565. The first-order valence-corrected chi connectivity index (χ1v) is 8.44. The first-order chi connectivity index (χ1) is 7.98. The summed E-state index contributed by atoms with van der Waals surface area (Å²) in [6.45, 7) is 3.68. The van der Waals surface area contributed by atoms with Crippen molar-refractivity contribution >= 4 is 27.0 Å². The fourth-order valence-corrected chi connectivity index (χ4v) is 3.23. The van der Waals surface area contributed by atoms with Gasteiger partial charge in [0.1, 0.15) is 9.84 Å². The standard InChI is InChI=1S/C12H18O3S2/c1-3-10-7-8-12(16-10)11(13)6-5-9-17(14,15)4-2/h7-8H,3-6,9H2,1-2H3. The van der Waals surface area contributed by atoms with Crippen molar-refractivity contribution in [3.8, 4) is 0 Å². The molecule has 5 heteroatoms. The molecular formula is C12H18O3S2. The Hall–Kier alpha value is -0.680. The maximum Gasteiger partial charge on any atom is 0.172 e. The molecule has 1 rings (SSSR count). The zero-order valence-electron chi connectivity index (χ0n) is 10.2. The molecule has 0 aliphatic heterocycles. The summed E-state index contributed by atoms with van der Waals surface area (Å²) >= 11 is 1.51. The molecule has 0 spiro atoms.